The minimum Gasteiger partial charge on any atom is -0.478 e. The lowest BCUT2D eigenvalue weighted by molar-refractivity contribution is -0.137. The van der Waals surface area contributed by atoms with E-state index in [9.17, 15) is 9.59 Å². The summed E-state index contributed by atoms with van der Waals surface area (Å²) < 4.78 is 4.48. The van der Waals surface area contributed by atoms with Gasteiger partial charge in [-0.15, -0.1) is 0 Å². The van der Waals surface area contributed by atoms with Gasteiger partial charge in [-0.1, -0.05) is 42.5 Å². The Balaban J connectivity index is 4.43. The SMILES string of the molecule is COC(=O)C(=C\C(=O)O)/C=C/C=C/C=CC=CCN(C)C. The summed E-state index contributed by atoms with van der Waals surface area (Å²) in [6.45, 7) is 0.871. The third-order valence-electron chi connectivity index (χ3n) is 2.14. The van der Waals surface area contributed by atoms with Gasteiger partial charge >= 0.3 is 11.9 Å². The van der Waals surface area contributed by atoms with Crippen molar-refractivity contribution in [1.82, 2.24) is 4.90 Å². The minimum absolute atomic E-state index is 0.0236. The van der Waals surface area contributed by atoms with E-state index < -0.39 is 11.9 Å². The lowest BCUT2D eigenvalue weighted by atomic mass is 10.2. The maximum atomic E-state index is 11.3. The molecule has 5 heteroatoms. The lowest BCUT2D eigenvalue weighted by Crippen LogP contribution is -2.10. The van der Waals surface area contributed by atoms with Crippen LogP contribution in [0.3, 0.4) is 0 Å². The van der Waals surface area contributed by atoms with Crippen LogP contribution in [-0.2, 0) is 14.3 Å². The number of carbonyl (C=O) groups is 2. The number of methoxy groups -OCH3 is 1. The Morgan fingerprint density at radius 1 is 1.05 bits per heavy atom. The number of hydrogen-bond donors (Lipinski definition) is 1. The Morgan fingerprint density at radius 3 is 2.14 bits per heavy atom. The average molecular weight is 291 g/mol. The highest BCUT2D eigenvalue weighted by atomic mass is 16.5. The molecule has 0 aliphatic rings. The van der Waals surface area contributed by atoms with Crippen molar-refractivity contribution < 1.29 is 19.4 Å². The van der Waals surface area contributed by atoms with Crippen LogP contribution in [0.1, 0.15) is 0 Å². The molecule has 0 radical (unpaired) electrons. The highest BCUT2D eigenvalue weighted by Crippen LogP contribution is 2.00. The number of nitrogens with zero attached hydrogens (tertiary/aromatic N) is 1. The first kappa shape index (κ1) is 18.6. The summed E-state index contributed by atoms with van der Waals surface area (Å²) in [5.74, 6) is -1.89. The van der Waals surface area contributed by atoms with E-state index in [2.05, 4.69) is 4.74 Å². The number of ether oxygens (including phenoxy) is 1. The number of esters is 1. The van der Waals surface area contributed by atoms with Crippen molar-refractivity contribution in [3.63, 3.8) is 0 Å². The van der Waals surface area contributed by atoms with Crippen LogP contribution in [0.4, 0.5) is 0 Å². The summed E-state index contributed by atoms with van der Waals surface area (Å²) in [4.78, 5) is 23.9. The summed E-state index contributed by atoms with van der Waals surface area (Å²) in [7, 11) is 5.18. The van der Waals surface area contributed by atoms with Crippen LogP contribution in [0.25, 0.3) is 0 Å². The second-order valence-electron chi connectivity index (χ2n) is 4.25. The van der Waals surface area contributed by atoms with Gasteiger partial charge in [0.05, 0.1) is 12.7 Å². The number of carboxylic acid groups (broad SMARTS) is 1. The molecule has 0 saturated carbocycles. The Labute approximate surface area is 125 Å². The lowest BCUT2D eigenvalue weighted by Gasteiger charge is -2.02. The van der Waals surface area contributed by atoms with Crippen molar-refractivity contribution in [3.8, 4) is 0 Å². The van der Waals surface area contributed by atoms with Gasteiger partial charge in [0.2, 0.25) is 0 Å². The zero-order valence-electron chi connectivity index (χ0n) is 12.5. The maximum absolute atomic E-state index is 11.3. The van der Waals surface area contributed by atoms with Crippen molar-refractivity contribution in [2.75, 3.05) is 27.7 Å². The maximum Gasteiger partial charge on any atom is 0.338 e. The largest absolute Gasteiger partial charge is 0.478 e. The first-order valence-electron chi connectivity index (χ1n) is 6.31. The molecule has 0 aromatic carbocycles. The van der Waals surface area contributed by atoms with Crippen LogP contribution >= 0.6 is 0 Å². The fourth-order valence-corrected chi connectivity index (χ4v) is 1.19. The van der Waals surface area contributed by atoms with Gasteiger partial charge in [-0.25, -0.2) is 9.59 Å². The van der Waals surface area contributed by atoms with E-state index in [0.29, 0.717) is 0 Å². The molecule has 0 atom stereocenters. The summed E-state index contributed by atoms with van der Waals surface area (Å²) in [6, 6.07) is 0. The topological polar surface area (TPSA) is 66.8 Å². The standard InChI is InChI=1S/C16H21NO4/c1-17(2)12-10-8-6-4-5-7-9-11-14(13-15(18)19)16(20)21-3/h4-11,13H,12H2,1-3H3,(H,18,19)/b6-4?,7-5+,10-8?,11-9+,14-13-. The van der Waals surface area contributed by atoms with E-state index in [0.717, 1.165) is 12.6 Å². The van der Waals surface area contributed by atoms with Crippen LogP contribution in [0.15, 0.2) is 60.3 Å². The van der Waals surface area contributed by atoms with Crippen LogP contribution < -0.4 is 0 Å². The number of hydrogen-bond acceptors (Lipinski definition) is 4. The van der Waals surface area contributed by atoms with Crippen molar-refractivity contribution in [1.29, 1.82) is 0 Å². The van der Waals surface area contributed by atoms with E-state index in [-0.39, 0.29) is 5.57 Å². The van der Waals surface area contributed by atoms with Crippen molar-refractivity contribution in [2.45, 2.75) is 0 Å². The van der Waals surface area contributed by atoms with Crippen LogP contribution in [0.2, 0.25) is 0 Å². The molecule has 114 valence electrons. The second-order valence-corrected chi connectivity index (χ2v) is 4.25. The number of aliphatic carboxylic acids is 1. The summed E-state index contributed by atoms with van der Waals surface area (Å²) in [5, 5.41) is 8.63. The first-order valence-corrected chi connectivity index (χ1v) is 6.31. The number of carbonyl (C=O) groups excluding carboxylic acids is 1. The molecule has 0 fully saturated rings. The number of carboxylic acids is 1. The molecule has 0 saturated heterocycles. The van der Waals surface area contributed by atoms with Gasteiger partial charge in [-0.3, -0.25) is 0 Å². The molecule has 0 rings (SSSR count). The molecule has 0 amide bonds. The Bertz CT molecular complexity index is 483. The summed E-state index contributed by atoms with van der Waals surface area (Å²) in [6.07, 6.45) is 14.9. The van der Waals surface area contributed by atoms with Gasteiger partial charge < -0.3 is 14.7 Å². The number of allylic oxidation sites excluding steroid dienone is 6. The Morgan fingerprint density at radius 2 is 1.62 bits per heavy atom. The molecule has 0 aromatic heterocycles. The number of likely N-dealkylation sites (N-methyl/N-ethyl adjacent to an activating group) is 1. The van der Waals surface area contributed by atoms with Gasteiger partial charge in [-0.05, 0) is 20.2 Å². The van der Waals surface area contributed by atoms with Gasteiger partial charge in [0.15, 0.2) is 0 Å². The first-order chi connectivity index (χ1) is 9.97. The molecule has 1 N–H and O–H groups in total. The molecule has 0 bridgehead atoms. The monoisotopic (exact) mass is 291 g/mol. The molecular formula is C16H21NO4. The van der Waals surface area contributed by atoms with Crippen LogP contribution in [0.5, 0.6) is 0 Å². The predicted octanol–water partition coefficient (Wildman–Crippen LogP) is 1.96. The van der Waals surface area contributed by atoms with Crippen LogP contribution in [-0.4, -0.2) is 49.7 Å². The predicted molar refractivity (Wildman–Crippen MR) is 82.8 cm³/mol. The summed E-state index contributed by atoms with van der Waals surface area (Å²) >= 11 is 0. The van der Waals surface area contributed by atoms with E-state index >= 15 is 0 Å². The van der Waals surface area contributed by atoms with Crippen molar-refractivity contribution in [3.05, 3.63) is 60.3 Å². The van der Waals surface area contributed by atoms with E-state index in [1.807, 2.05) is 43.3 Å². The van der Waals surface area contributed by atoms with E-state index in [1.54, 1.807) is 18.2 Å². The van der Waals surface area contributed by atoms with Crippen molar-refractivity contribution >= 4 is 11.9 Å². The van der Waals surface area contributed by atoms with Crippen LogP contribution in [0, 0.1) is 0 Å². The minimum atomic E-state index is -1.20. The van der Waals surface area contributed by atoms with Gasteiger partial charge in [0, 0.05) is 12.6 Å². The van der Waals surface area contributed by atoms with Gasteiger partial charge in [0.1, 0.15) is 0 Å². The highest BCUT2D eigenvalue weighted by molar-refractivity contribution is 5.98. The fourth-order valence-electron chi connectivity index (χ4n) is 1.19. The molecule has 0 unspecified atom stereocenters. The molecule has 21 heavy (non-hydrogen) atoms. The average Bonchev–Trinajstić information content (AvgIpc) is 2.42. The summed E-state index contributed by atoms with van der Waals surface area (Å²) in [5.41, 5.74) is -0.0236. The Kier molecular flexibility index (Phi) is 10.1. The molecule has 0 heterocycles. The van der Waals surface area contributed by atoms with Gasteiger partial charge in [0.25, 0.3) is 0 Å². The third kappa shape index (κ3) is 11.1. The molecule has 0 spiro atoms. The third-order valence-corrected chi connectivity index (χ3v) is 2.14. The molecule has 5 nitrogen and oxygen atoms in total. The van der Waals surface area contributed by atoms with E-state index in [1.165, 1.54) is 13.2 Å². The van der Waals surface area contributed by atoms with Gasteiger partial charge in [-0.2, -0.15) is 0 Å². The zero-order chi connectivity index (χ0) is 16.1. The fraction of sp³-hybridized carbons (Fsp3) is 0.250. The number of rotatable bonds is 8. The smallest absolute Gasteiger partial charge is 0.338 e. The Hall–Kier alpha value is -2.40. The molecular weight excluding hydrogens is 270 g/mol. The second kappa shape index (κ2) is 11.4. The quantitative estimate of drug-likeness (QED) is 0.420. The van der Waals surface area contributed by atoms with Crippen molar-refractivity contribution in [2.24, 2.45) is 0 Å². The molecule has 0 aliphatic heterocycles. The molecule has 0 aromatic rings. The zero-order valence-corrected chi connectivity index (χ0v) is 12.5. The molecule has 0 aliphatic carbocycles. The highest BCUT2D eigenvalue weighted by Gasteiger charge is 2.07. The van der Waals surface area contributed by atoms with E-state index in [4.69, 9.17) is 5.11 Å². The normalized spacial score (nSPS) is 13.2.